The minimum absolute atomic E-state index is 0.0923. The lowest BCUT2D eigenvalue weighted by molar-refractivity contribution is -0.0864. The third-order valence-electron chi connectivity index (χ3n) is 7.95. The van der Waals surface area contributed by atoms with E-state index in [1.54, 1.807) is 4.90 Å². The molecule has 3 aliphatic heterocycles. The highest BCUT2D eigenvalue weighted by Crippen LogP contribution is 2.48. The number of aromatic nitrogens is 1. The molecule has 0 radical (unpaired) electrons. The number of halogens is 3. The molecule has 2 bridgehead atoms. The predicted octanol–water partition coefficient (Wildman–Crippen LogP) is 3.38. The Labute approximate surface area is 215 Å². The maximum Gasteiger partial charge on any atom is 0.274 e. The minimum Gasteiger partial charge on any atom is -0.503 e. The molecule has 0 aliphatic carbocycles. The van der Waals surface area contributed by atoms with Gasteiger partial charge in [-0.05, 0) is 32.8 Å². The first-order valence-corrected chi connectivity index (χ1v) is 12.3. The maximum atomic E-state index is 14.3. The Kier molecular flexibility index (Phi) is 6.01. The molecule has 1 saturated heterocycles. The maximum absolute atomic E-state index is 14.3. The number of hydrogen-bond donors (Lipinski definition) is 2. The van der Waals surface area contributed by atoms with Gasteiger partial charge in [0.1, 0.15) is 22.2 Å². The van der Waals surface area contributed by atoms with Crippen molar-refractivity contribution in [2.75, 3.05) is 6.54 Å². The van der Waals surface area contributed by atoms with Crippen molar-refractivity contribution in [1.82, 2.24) is 14.8 Å². The average molecular weight is 535 g/mol. The van der Waals surface area contributed by atoms with Crippen molar-refractivity contribution in [1.29, 1.82) is 0 Å². The highest BCUT2D eigenvalue weighted by molar-refractivity contribution is 6.30. The van der Waals surface area contributed by atoms with Crippen LogP contribution in [0, 0.1) is 17.6 Å². The van der Waals surface area contributed by atoms with E-state index in [0.717, 1.165) is 17.8 Å². The van der Waals surface area contributed by atoms with Crippen molar-refractivity contribution in [2.24, 2.45) is 11.1 Å². The molecule has 3 aliphatic rings. The molecule has 9 nitrogen and oxygen atoms in total. The number of rotatable bonds is 3. The van der Waals surface area contributed by atoms with Gasteiger partial charge in [0.15, 0.2) is 17.0 Å². The fourth-order valence-electron chi connectivity index (χ4n) is 5.51. The van der Waals surface area contributed by atoms with Gasteiger partial charge in [-0.1, -0.05) is 29.7 Å². The molecule has 4 atom stereocenters. The fourth-order valence-corrected chi connectivity index (χ4v) is 5.70. The Balaban J connectivity index is 1.56. The van der Waals surface area contributed by atoms with E-state index in [4.69, 9.17) is 16.4 Å². The summed E-state index contributed by atoms with van der Waals surface area (Å²) in [4.78, 5) is 47.0. The molecule has 1 spiro atoms. The van der Waals surface area contributed by atoms with Gasteiger partial charge in [-0.15, -0.1) is 0 Å². The number of aromatic hydroxyl groups is 1. The molecule has 0 saturated carbocycles. The molecule has 1 fully saturated rings. The van der Waals surface area contributed by atoms with Crippen LogP contribution in [0.15, 0.2) is 28.3 Å². The first kappa shape index (κ1) is 25.2. The molecule has 37 heavy (non-hydrogen) atoms. The van der Waals surface area contributed by atoms with Crippen LogP contribution in [0.5, 0.6) is 5.75 Å². The van der Waals surface area contributed by atoms with Gasteiger partial charge in [-0.25, -0.2) is 8.78 Å². The Morgan fingerprint density at radius 3 is 2.73 bits per heavy atom. The number of oxime groups is 1. The van der Waals surface area contributed by atoms with Gasteiger partial charge in [0, 0.05) is 36.8 Å². The molecule has 2 amide bonds. The summed E-state index contributed by atoms with van der Waals surface area (Å²) in [6.07, 6.45) is 2.42. The summed E-state index contributed by atoms with van der Waals surface area (Å²) in [6, 6.07) is 1.37. The number of carbonyl (C=O) groups is 2. The minimum atomic E-state index is -1.04. The van der Waals surface area contributed by atoms with Gasteiger partial charge in [-0.3, -0.25) is 14.4 Å². The van der Waals surface area contributed by atoms with E-state index in [1.807, 2.05) is 20.8 Å². The molecule has 4 heterocycles. The number of carbonyl (C=O) groups excluding carboxylic acids is 2. The number of nitrogens with one attached hydrogen (secondary N) is 1. The van der Waals surface area contributed by atoms with Crippen molar-refractivity contribution in [3.05, 3.63) is 62.0 Å². The average Bonchev–Trinajstić information content (AvgIpc) is 3.08. The SMILES string of the molecule is CC1=NOC2(CCC(C)N3CC2n2cc(C(=O)NCc4ccc(F)c(Cl)c4F)c(=O)c(O)c2C3=O)C1C. The summed E-state index contributed by atoms with van der Waals surface area (Å²) in [5.41, 5.74) is -1.86. The first-order valence-electron chi connectivity index (χ1n) is 11.9. The predicted molar refractivity (Wildman–Crippen MR) is 130 cm³/mol. The lowest BCUT2D eigenvalue weighted by Gasteiger charge is -2.43. The summed E-state index contributed by atoms with van der Waals surface area (Å²) in [5, 5.41) is 16.8. The van der Waals surface area contributed by atoms with Crippen LogP contribution in [0.4, 0.5) is 8.78 Å². The van der Waals surface area contributed by atoms with Crippen LogP contribution in [-0.2, 0) is 11.4 Å². The van der Waals surface area contributed by atoms with Gasteiger partial charge in [0.25, 0.3) is 11.8 Å². The van der Waals surface area contributed by atoms with Crippen LogP contribution in [0.2, 0.25) is 5.02 Å². The van der Waals surface area contributed by atoms with Crippen LogP contribution >= 0.6 is 11.6 Å². The molecule has 2 N–H and O–H groups in total. The highest BCUT2D eigenvalue weighted by Gasteiger charge is 2.57. The number of pyridine rings is 1. The molecule has 5 rings (SSSR count). The van der Waals surface area contributed by atoms with Gasteiger partial charge >= 0.3 is 0 Å². The monoisotopic (exact) mass is 534 g/mol. The van der Waals surface area contributed by atoms with Gasteiger partial charge in [-0.2, -0.15) is 0 Å². The normalized spacial score (nSPS) is 26.4. The molecular weight excluding hydrogens is 510 g/mol. The van der Waals surface area contributed by atoms with Crippen LogP contribution in [-0.4, -0.2) is 50.3 Å². The van der Waals surface area contributed by atoms with Crippen molar-refractivity contribution in [3.63, 3.8) is 0 Å². The lowest BCUT2D eigenvalue weighted by atomic mass is 9.76. The number of fused-ring (bicyclic) bond motifs is 5. The van der Waals surface area contributed by atoms with E-state index in [1.165, 1.54) is 10.8 Å². The summed E-state index contributed by atoms with van der Waals surface area (Å²) >= 11 is 5.60. The molecule has 2 aromatic rings. The largest absolute Gasteiger partial charge is 0.503 e. The second-order valence-corrected chi connectivity index (χ2v) is 10.2. The van der Waals surface area contributed by atoms with Gasteiger partial charge in [0.05, 0.1) is 11.8 Å². The molecule has 1 aromatic heterocycles. The zero-order valence-electron chi connectivity index (χ0n) is 20.3. The zero-order valence-corrected chi connectivity index (χ0v) is 21.1. The summed E-state index contributed by atoms with van der Waals surface area (Å²) in [5.74, 6) is -4.38. The topological polar surface area (TPSA) is 113 Å². The summed E-state index contributed by atoms with van der Waals surface area (Å²) < 4.78 is 29.2. The number of benzene rings is 1. The third kappa shape index (κ3) is 3.70. The molecular formula is C25H25ClF2N4O5. The van der Waals surface area contributed by atoms with Crippen molar-refractivity contribution >= 4 is 29.1 Å². The standard InChI is InChI=1S/C25H25ClF2N4O5/c1-11-6-7-25(12(2)13(3)30-37-25)17-10-31(11)24(36)20-22(34)21(33)15(9-32(17)20)23(35)29-8-14-4-5-16(27)18(26)19(14)28/h4-5,9,11-12,17,34H,6-8,10H2,1-3H3,(H,29,35). The van der Waals surface area contributed by atoms with E-state index in [-0.39, 0.29) is 29.8 Å². The van der Waals surface area contributed by atoms with Crippen molar-refractivity contribution in [3.8, 4) is 5.75 Å². The lowest BCUT2D eigenvalue weighted by Crippen LogP contribution is -2.54. The molecule has 196 valence electrons. The quantitative estimate of drug-likeness (QED) is 0.586. The molecule has 4 unspecified atom stereocenters. The summed E-state index contributed by atoms with van der Waals surface area (Å²) in [6.45, 7) is 5.57. The van der Waals surface area contributed by atoms with E-state index >= 15 is 0 Å². The van der Waals surface area contributed by atoms with Crippen LogP contribution in [0.25, 0.3) is 0 Å². The second kappa shape index (κ2) is 8.83. The molecule has 12 heteroatoms. The van der Waals surface area contributed by atoms with Gasteiger partial charge in [0.2, 0.25) is 5.43 Å². The van der Waals surface area contributed by atoms with E-state index in [0.29, 0.717) is 12.8 Å². The molecule has 1 aromatic carbocycles. The van der Waals surface area contributed by atoms with E-state index in [9.17, 15) is 28.3 Å². The Morgan fingerprint density at radius 1 is 1.32 bits per heavy atom. The smallest absolute Gasteiger partial charge is 0.274 e. The Morgan fingerprint density at radius 2 is 2.05 bits per heavy atom. The number of amides is 2. The third-order valence-corrected chi connectivity index (χ3v) is 8.29. The van der Waals surface area contributed by atoms with Crippen LogP contribution < -0.4 is 10.7 Å². The second-order valence-electron chi connectivity index (χ2n) is 9.86. The van der Waals surface area contributed by atoms with Gasteiger partial charge < -0.3 is 24.7 Å². The van der Waals surface area contributed by atoms with Crippen LogP contribution in [0.3, 0.4) is 0 Å². The fraction of sp³-hybridized carbons (Fsp3) is 0.440. The van der Waals surface area contributed by atoms with E-state index < -0.39 is 63.4 Å². The van der Waals surface area contributed by atoms with Crippen molar-refractivity contribution < 1.29 is 28.3 Å². The highest BCUT2D eigenvalue weighted by atomic mass is 35.5. The summed E-state index contributed by atoms with van der Waals surface area (Å²) in [7, 11) is 0. The van der Waals surface area contributed by atoms with E-state index in [2.05, 4.69) is 10.5 Å². The number of nitrogens with zero attached hydrogens (tertiary/aromatic N) is 3. The van der Waals surface area contributed by atoms with Crippen LogP contribution in [0.1, 0.15) is 66.1 Å². The van der Waals surface area contributed by atoms with Crippen molar-refractivity contribution in [2.45, 2.75) is 57.8 Å². The Bertz CT molecular complexity index is 1430. The zero-order chi connectivity index (χ0) is 26.8. The number of hydrogen-bond acceptors (Lipinski definition) is 6. The first-order chi connectivity index (χ1) is 17.5. The Hall–Kier alpha value is -3.47.